The van der Waals surface area contributed by atoms with E-state index in [2.05, 4.69) is 202 Å². The lowest BCUT2D eigenvalue weighted by Gasteiger charge is -2.35. The van der Waals surface area contributed by atoms with Crippen molar-refractivity contribution in [1.29, 1.82) is 0 Å². The lowest BCUT2D eigenvalue weighted by Crippen LogP contribution is -2.28. The maximum atomic E-state index is 10.5. The minimum absolute atomic E-state index is 0.135. The average Bonchev–Trinajstić information content (AvgIpc) is 3.64. The Bertz CT molecular complexity index is 2680. The predicted octanol–water partition coefficient (Wildman–Crippen LogP) is 13.5. The monoisotopic (exact) mass is 707 g/mol. The molecular formula is C53H41NO. The minimum Gasteiger partial charge on any atom is -0.508 e. The van der Waals surface area contributed by atoms with Crippen molar-refractivity contribution in [2.24, 2.45) is 0 Å². The van der Waals surface area contributed by atoms with Gasteiger partial charge in [0.05, 0.1) is 5.41 Å². The molecule has 1 N–H and O–H groups in total. The van der Waals surface area contributed by atoms with Crippen molar-refractivity contribution >= 4 is 17.1 Å². The highest BCUT2D eigenvalue weighted by Crippen LogP contribution is 2.58. The quantitative estimate of drug-likeness (QED) is 0.186. The lowest BCUT2D eigenvalue weighted by molar-refractivity contribution is 0.475. The summed E-state index contributed by atoms with van der Waals surface area (Å²) in [6, 6.07) is 68.1. The van der Waals surface area contributed by atoms with Crippen LogP contribution in [0.2, 0.25) is 0 Å². The van der Waals surface area contributed by atoms with Gasteiger partial charge in [0.1, 0.15) is 5.75 Å². The molecule has 1 unspecified atom stereocenters. The molecule has 8 aromatic rings. The Balaban J connectivity index is 1.22. The van der Waals surface area contributed by atoms with Crippen LogP contribution in [0.4, 0.5) is 17.1 Å². The molecule has 2 nitrogen and oxygen atoms in total. The van der Waals surface area contributed by atoms with Gasteiger partial charge in [-0.05, 0) is 122 Å². The number of hydrogen-bond donors (Lipinski definition) is 1. The third-order valence-electron chi connectivity index (χ3n) is 12.1. The molecule has 2 heteroatoms. The fourth-order valence-electron chi connectivity index (χ4n) is 9.42. The van der Waals surface area contributed by atoms with Crippen LogP contribution in [0.3, 0.4) is 0 Å². The summed E-state index contributed by atoms with van der Waals surface area (Å²) in [4.78, 5) is 2.42. The summed E-state index contributed by atoms with van der Waals surface area (Å²) < 4.78 is 0. The molecule has 0 saturated carbocycles. The maximum Gasteiger partial charge on any atom is 0.115 e. The number of aryl methyl sites for hydroxylation is 1. The molecule has 0 aliphatic heterocycles. The second-order valence-electron chi connectivity index (χ2n) is 15.6. The number of benzene rings is 8. The van der Waals surface area contributed by atoms with E-state index in [1.807, 2.05) is 12.1 Å². The summed E-state index contributed by atoms with van der Waals surface area (Å²) in [5.41, 5.74) is 18.7. The van der Waals surface area contributed by atoms with Gasteiger partial charge in [-0.15, -0.1) is 0 Å². The van der Waals surface area contributed by atoms with E-state index in [0.29, 0.717) is 0 Å². The Labute approximate surface area is 323 Å². The summed E-state index contributed by atoms with van der Waals surface area (Å²) in [5, 5.41) is 10.5. The van der Waals surface area contributed by atoms with E-state index >= 15 is 0 Å². The van der Waals surface area contributed by atoms with Crippen LogP contribution < -0.4 is 4.90 Å². The van der Waals surface area contributed by atoms with E-state index in [9.17, 15) is 5.11 Å². The molecule has 8 aromatic carbocycles. The smallest absolute Gasteiger partial charge is 0.115 e. The van der Waals surface area contributed by atoms with Gasteiger partial charge in [-0.3, -0.25) is 0 Å². The van der Waals surface area contributed by atoms with Crippen LogP contribution in [0, 0.1) is 6.92 Å². The Morgan fingerprint density at radius 3 is 1.53 bits per heavy atom. The highest BCUT2D eigenvalue weighted by atomic mass is 16.3. The number of hydrogen-bond acceptors (Lipinski definition) is 2. The zero-order valence-corrected chi connectivity index (χ0v) is 31.3. The third-order valence-corrected chi connectivity index (χ3v) is 12.1. The van der Waals surface area contributed by atoms with Gasteiger partial charge in [-0.25, -0.2) is 0 Å². The van der Waals surface area contributed by atoms with E-state index in [4.69, 9.17) is 0 Å². The topological polar surface area (TPSA) is 23.5 Å². The van der Waals surface area contributed by atoms with Gasteiger partial charge in [0.15, 0.2) is 0 Å². The first-order valence-corrected chi connectivity index (χ1v) is 19.1. The fourth-order valence-corrected chi connectivity index (χ4v) is 9.42. The van der Waals surface area contributed by atoms with Crippen LogP contribution in [-0.2, 0) is 10.8 Å². The van der Waals surface area contributed by atoms with Crippen LogP contribution in [-0.4, -0.2) is 5.11 Å². The number of aromatic hydroxyl groups is 1. The molecule has 0 radical (unpaired) electrons. The van der Waals surface area contributed by atoms with Gasteiger partial charge < -0.3 is 10.0 Å². The molecular weight excluding hydrogens is 667 g/mol. The van der Waals surface area contributed by atoms with Crippen molar-refractivity contribution in [2.75, 3.05) is 4.90 Å². The molecule has 1 atom stereocenters. The zero-order valence-electron chi connectivity index (χ0n) is 31.3. The van der Waals surface area contributed by atoms with E-state index < -0.39 is 5.41 Å². The lowest BCUT2D eigenvalue weighted by atomic mass is 9.67. The number of rotatable bonds is 6. The van der Waals surface area contributed by atoms with Crippen LogP contribution in [0.1, 0.15) is 52.8 Å². The number of anilines is 3. The van der Waals surface area contributed by atoms with E-state index in [1.54, 1.807) is 0 Å². The summed E-state index contributed by atoms with van der Waals surface area (Å²) in [5.74, 6) is 0.259. The largest absolute Gasteiger partial charge is 0.508 e. The molecule has 2 aliphatic rings. The van der Waals surface area contributed by atoms with Gasteiger partial charge in [0.25, 0.3) is 0 Å². The van der Waals surface area contributed by atoms with Gasteiger partial charge in [0.2, 0.25) is 0 Å². The number of fused-ring (bicyclic) bond motifs is 6. The minimum atomic E-state index is -0.603. The van der Waals surface area contributed by atoms with Crippen LogP contribution in [0.15, 0.2) is 188 Å². The van der Waals surface area contributed by atoms with Crippen molar-refractivity contribution in [1.82, 2.24) is 0 Å². The van der Waals surface area contributed by atoms with Crippen LogP contribution >= 0.6 is 0 Å². The standard InChI is InChI=1S/C53H41NO/c1-35-17-21-38(22-18-35)53(39-23-29-43(55)30-24-39)49-16-10-8-14-45(49)47-32-28-42(34-51(47)53)54(40-25-19-37(20-26-40)36-11-5-4-6-12-36)41-27-31-46-44-13-7-9-15-48(44)52(2,3)50(46)33-41/h4-34,55H,1-3H3. The Kier molecular flexibility index (Phi) is 7.47. The average molecular weight is 708 g/mol. The second kappa shape index (κ2) is 12.5. The molecule has 0 aromatic heterocycles. The SMILES string of the molecule is Cc1ccc(C2(c3ccc(O)cc3)c3ccccc3-c3ccc(N(c4ccc(-c5ccccc5)cc4)c4ccc5c(c4)C(C)(C)c4ccccc4-5)cc32)cc1. The highest BCUT2D eigenvalue weighted by Gasteiger charge is 2.46. The number of nitrogens with zero attached hydrogens (tertiary/aromatic N) is 1. The Morgan fingerprint density at radius 2 is 0.873 bits per heavy atom. The van der Waals surface area contributed by atoms with Gasteiger partial charge in [-0.2, -0.15) is 0 Å². The summed E-state index contributed by atoms with van der Waals surface area (Å²) in [7, 11) is 0. The molecule has 264 valence electrons. The normalized spacial score (nSPS) is 15.8. The van der Waals surface area contributed by atoms with E-state index in [0.717, 1.165) is 22.6 Å². The van der Waals surface area contributed by atoms with Crippen molar-refractivity contribution < 1.29 is 5.11 Å². The van der Waals surface area contributed by atoms with Crippen molar-refractivity contribution in [2.45, 2.75) is 31.6 Å². The first-order chi connectivity index (χ1) is 26.8. The third kappa shape index (κ3) is 5.02. The molecule has 10 rings (SSSR count). The fraction of sp³-hybridized carbons (Fsp3) is 0.0943. The van der Waals surface area contributed by atoms with Crippen LogP contribution in [0.25, 0.3) is 33.4 Å². The molecule has 0 spiro atoms. The predicted molar refractivity (Wildman–Crippen MR) is 228 cm³/mol. The number of phenols is 1. The first-order valence-electron chi connectivity index (χ1n) is 19.1. The van der Waals surface area contributed by atoms with Crippen molar-refractivity contribution in [3.05, 3.63) is 227 Å². The molecule has 0 fully saturated rings. The van der Waals surface area contributed by atoms with Gasteiger partial charge in [0, 0.05) is 22.5 Å². The molecule has 0 saturated heterocycles. The summed E-state index contributed by atoms with van der Waals surface area (Å²) in [6.45, 7) is 6.84. The molecule has 55 heavy (non-hydrogen) atoms. The van der Waals surface area contributed by atoms with E-state index in [1.165, 1.54) is 66.8 Å². The molecule has 0 bridgehead atoms. The number of phenolic OH excluding ortho intramolecular Hbond substituents is 1. The van der Waals surface area contributed by atoms with E-state index in [-0.39, 0.29) is 11.2 Å². The highest BCUT2D eigenvalue weighted by molar-refractivity contribution is 5.91. The Morgan fingerprint density at radius 1 is 0.400 bits per heavy atom. The van der Waals surface area contributed by atoms with Crippen LogP contribution in [0.5, 0.6) is 5.75 Å². The molecule has 0 amide bonds. The Hall–Kier alpha value is -6.64. The molecule has 2 aliphatic carbocycles. The maximum absolute atomic E-state index is 10.5. The first kappa shape index (κ1) is 33.0. The zero-order chi connectivity index (χ0) is 37.3. The summed E-state index contributed by atoms with van der Waals surface area (Å²) in [6.07, 6.45) is 0. The van der Waals surface area contributed by atoms with Crippen molar-refractivity contribution in [3.8, 4) is 39.1 Å². The summed E-state index contributed by atoms with van der Waals surface area (Å²) >= 11 is 0. The van der Waals surface area contributed by atoms with Gasteiger partial charge in [-0.1, -0.05) is 159 Å². The van der Waals surface area contributed by atoms with Gasteiger partial charge >= 0.3 is 0 Å². The second-order valence-corrected chi connectivity index (χ2v) is 15.6. The van der Waals surface area contributed by atoms with Crippen molar-refractivity contribution in [3.63, 3.8) is 0 Å². The molecule has 0 heterocycles.